The smallest absolute Gasteiger partial charge is 0.304 e. The van der Waals surface area contributed by atoms with Crippen LogP contribution in [0, 0.1) is 11.3 Å². The van der Waals surface area contributed by atoms with Gasteiger partial charge in [-0.2, -0.15) is 5.26 Å². The highest BCUT2D eigenvalue weighted by atomic mass is 35.5. The SMILES string of the molecule is Cl.N#Cc1cccc(-c2cc([C@H](CN)CC(=O)O)ccc2Cl)c1. The Morgan fingerprint density at radius 3 is 2.65 bits per heavy atom. The molecule has 2 aromatic rings. The van der Waals surface area contributed by atoms with Gasteiger partial charge in [0.2, 0.25) is 0 Å². The Kier molecular flexibility index (Phi) is 7.05. The van der Waals surface area contributed by atoms with Crippen LogP contribution in [0.25, 0.3) is 11.1 Å². The van der Waals surface area contributed by atoms with Gasteiger partial charge in [-0.3, -0.25) is 4.79 Å². The molecular weight excluding hydrogens is 335 g/mol. The van der Waals surface area contributed by atoms with E-state index in [1.807, 2.05) is 12.1 Å². The Labute approximate surface area is 145 Å². The molecule has 0 bridgehead atoms. The number of nitriles is 1. The maximum atomic E-state index is 10.9. The Morgan fingerprint density at radius 2 is 2.04 bits per heavy atom. The fourth-order valence-corrected chi connectivity index (χ4v) is 2.55. The first-order chi connectivity index (χ1) is 10.5. The number of hydrogen-bond donors (Lipinski definition) is 2. The molecule has 0 amide bonds. The van der Waals surface area contributed by atoms with Crippen LogP contribution in [0.4, 0.5) is 0 Å². The van der Waals surface area contributed by atoms with Gasteiger partial charge in [0, 0.05) is 16.5 Å². The molecule has 2 aromatic carbocycles. The number of carboxylic acid groups (broad SMARTS) is 1. The van der Waals surface area contributed by atoms with Crippen molar-refractivity contribution in [3.63, 3.8) is 0 Å². The number of carboxylic acids is 1. The maximum absolute atomic E-state index is 10.9. The van der Waals surface area contributed by atoms with Gasteiger partial charge in [0.05, 0.1) is 18.1 Å². The highest BCUT2D eigenvalue weighted by Crippen LogP contribution is 2.32. The second kappa shape index (κ2) is 8.54. The summed E-state index contributed by atoms with van der Waals surface area (Å²) in [5.74, 6) is -1.16. The molecule has 3 N–H and O–H groups in total. The van der Waals surface area contributed by atoms with Gasteiger partial charge in [-0.05, 0) is 41.9 Å². The Morgan fingerprint density at radius 1 is 1.30 bits per heavy atom. The van der Waals surface area contributed by atoms with Gasteiger partial charge < -0.3 is 10.8 Å². The molecule has 0 radical (unpaired) electrons. The van der Waals surface area contributed by atoms with E-state index in [-0.39, 0.29) is 31.3 Å². The molecule has 120 valence electrons. The first-order valence-electron chi connectivity index (χ1n) is 6.77. The van der Waals surface area contributed by atoms with Crippen LogP contribution in [0.3, 0.4) is 0 Å². The van der Waals surface area contributed by atoms with Crippen molar-refractivity contribution in [2.45, 2.75) is 12.3 Å². The van der Waals surface area contributed by atoms with E-state index in [0.717, 1.165) is 16.7 Å². The quantitative estimate of drug-likeness (QED) is 0.857. The Bertz CT molecular complexity index is 742. The number of rotatable bonds is 5. The molecular formula is C17H16Cl2N2O2. The first kappa shape index (κ1) is 19.0. The van der Waals surface area contributed by atoms with Gasteiger partial charge in [-0.25, -0.2) is 0 Å². The molecule has 0 aliphatic heterocycles. The molecule has 0 heterocycles. The number of benzene rings is 2. The van der Waals surface area contributed by atoms with Crippen LogP contribution in [-0.4, -0.2) is 17.6 Å². The van der Waals surface area contributed by atoms with Gasteiger partial charge in [0.1, 0.15) is 0 Å². The van der Waals surface area contributed by atoms with Crippen molar-refractivity contribution in [3.8, 4) is 17.2 Å². The average Bonchev–Trinajstić information content (AvgIpc) is 2.53. The first-order valence-corrected chi connectivity index (χ1v) is 7.14. The van der Waals surface area contributed by atoms with Crippen LogP contribution in [0.2, 0.25) is 5.02 Å². The predicted molar refractivity (Wildman–Crippen MR) is 92.9 cm³/mol. The van der Waals surface area contributed by atoms with E-state index in [1.165, 1.54) is 0 Å². The maximum Gasteiger partial charge on any atom is 0.304 e. The monoisotopic (exact) mass is 350 g/mol. The third kappa shape index (κ3) is 4.70. The highest BCUT2D eigenvalue weighted by molar-refractivity contribution is 6.33. The minimum Gasteiger partial charge on any atom is -0.481 e. The molecule has 0 unspecified atom stereocenters. The second-order valence-electron chi connectivity index (χ2n) is 4.96. The van der Waals surface area contributed by atoms with E-state index in [2.05, 4.69) is 6.07 Å². The fourth-order valence-electron chi connectivity index (χ4n) is 2.32. The highest BCUT2D eigenvalue weighted by Gasteiger charge is 2.16. The van der Waals surface area contributed by atoms with E-state index in [0.29, 0.717) is 10.6 Å². The average molecular weight is 351 g/mol. The zero-order chi connectivity index (χ0) is 16.1. The molecule has 6 heteroatoms. The van der Waals surface area contributed by atoms with Gasteiger partial charge >= 0.3 is 5.97 Å². The van der Waals surface area contributed by atoms with Crippen molar-refractivity contribution in [2.75, 3.05) is 6.54 Å². The summed E-state index contributed by atoms with van der Waals surface area (Å²) in [6.45, 7) is 0.242. The molecule has 0 fully saturated rings. The molecule has 0 aliphatic carbocycles. The molecule has 4 nitrogen and oxygen atoms in total. The van der Waals surface area contributed by atoms with Gasteiger partial charge in [-0.15, -0.1) is 12.4 Å². The van der Waals surface area contributed by atoms with Crippen LogP contribution >= 0.6 is 24.0 Å². The normalized spacial score (nSPS) is 11.2. The zero-order valence-corrected chi connectivity index (χ0v) is 13.8. The number of aliphatic carboxylic acids is 1. The van der Waals surface area contributed by atoms with Gasteiger partial charge in [0.15, 0.2) is 0 Å². The van der Waals surface area contributed by atoms with Crippen LogP contribution in [-0.2, 0) is 4.79 Å². The van der Waals surface area contributed by atoms with Crippen LogP contribution in [0.15, 0.2) is 42.5 Å². The molecule has 2 rings (SSSR count). The lowest BCUT2D eigenvalue weighted by Crippen LogP contribution is -2.16. The lowest BCUT2D eigenvalue weighted by molar-refractivity contribution is -0.137. The Balaban J connectivity index is 0.00000264. The standard InChI is InChI=1S/C17H15ClN2O2.ClH/c18-16-5-4-12(14(10-20)8-17(21)22)7-15(16)13-3-1-2-11(6-13)9-19;/h1-7,14H,8,10,20H2,(H,21,22);1H/t14-;/m0./s1. The summed E-state index contributed by atoms with van der Waals surface area (Å²) in [5.41, 5.74) is 8.63. The number of carbonyl (C=O) groups is 1. The van der Waals surface area contributed by atoms with E-state index >= 15 is 0 Å². The largest absolute Gasteiger partial charge is 0.481 e. The van der Waals surface area contributed by atoms with Crippen LogP contribution in [0.1, 0.15) is 23.5 Å². The van der Waals surface area contributed by atoms with Crippen molar-refractivity contribution in [1.29, 1.82) is 5.26 Å². The van der Waals surface area contributed by atoms with E-state index < -0.39 is 5.97 Å². The Hall–Kier alpha value is -2.06. The molecule has 0 spiro atoms. The third-order valence-corrected chi connectivity index (χ3v) is 3.80. The predicted octanol–water partition coefficient (Wildman–Crippen LogP) is 3.82. The lowest BCUT2D eigenvalue weighted by atomic mass is 9.92. The summed E-state index contributed by atoms with van der Waals surface area (Å²) in [5, 5.41) is 18.5. The summed E-state index contributed by atoms with van der Waals surface area (Å²) >= 11 is 6.25. The van der Waals surface area contributed by atoms with Crippen molar-refractivity contribution in [3.05, 3.63) is 58.6 Å². The summed E-state index contributed by atoms with van der Waals surface area (Å²) in [6.07, 6.45) is -0.0319. The van der Waals surface area contributed by atoms with E-state index in [1.54, 1.807) is 30.3 Å². The van der Waals surface area contributed by atoms with Gasteiger partial charge in [-0.1, -0.05) is 29.8 Å². The van der Waals surface area contributed by atoms with Crippen molar-refractivity contribution in [1.82, 2.24) is 0 Å². The zero-order valence-electron chi connectivity index (χ0n) is 12.2. The van der Waals surface area contributed by atoms with Crippen molar-refractivity contribution in [2.24, 2.45) is 5.73 Å². The summed E-state index contributed by atoms with van der Waals surface area (Å²) in [4.78, 5) is 10.9. The third-order valence-electron chi connectivity index (χ3n) is 3.47. The van der Waals surface area contributed by atoms with Gasteiger partial charge in [0.25, 0.3) is 0 Å². The molecule has 1 atom stereocenters. The number of halogens is 2. The van der Waals surface area contributed by atoms with E-state index in [9.17, 15) is 4.79 Å². The lowest BCUT2D eigenvalue weighted by Gasteiger charge is -2.15. The number of nitrogens with zero attached hydrogens (tertiary/aromatic N) is 1. The second-order valence-corrected chi connectivity index (χ2v) is 5.37. The van der Waals surface area contributed by atoms with Crippen molar-refractivity contribution < 1.29 is 9.90 Å². The summed E-state index contributed by atoms with van der Waals surface area (Å²) in [7, 11) is 0. The minimum atomic E-state index is -0.890. The van der Waals surface area contributed by atoms with Crippen molar-refractivity contribution >= 4 is 30.0 Å². The number of hydrogen-bond acceptors (Lipinski definition) is 3. The molecule has 0 saturated heterocycles. The van der Waals surface area contributed by atoms with E-state index in [4.69, 9.17) is 27.7 Å². The topological polar surface area (TPSA) is 87.1 Å². The minimum absolute atomic E-state index is 0. The summed E-state index contributed by atoms with van der Waals surface area (Å²) in [6, 6.07) is 14.6. The molecule has 0 aliphatic rings. The molecule has 0 saturated carbocycles. The number of nitrogens with two attached hydrogens (primary N) is 1. The molecule has 23 heavy (non-hydrogen) atoms. The molecule has 0 aromatic heterocycles. The van der Waals surface area contributed by atoms with Crippen LogP contribution in [0.5, 0.6) is 0 Å². The summed E-state index contributed by atoms with van der Waals surface area (Å²) < 4.78 is 0. The fraction of sp³-hybridized carbons (Fsp3) is 0.176. The van der Waals surface area contributed by atoms with Crippen LogP contribution < -0.4 is 5.73 Å².